The molecule has 1 saturated heterocycles. The van der Waals surface area contributed by atoms with Gasteiger partial charge in [-0.3, -0.25) is 9.69 Å². The number of amides is 2. The SMILES string of the molecule is CC(C)(C)OC(=O)N1CCCC1C(=O)NCc1nc(-c2ccc(F)cc2)no1. The molecule has 28 heavy (non-hydrogen) atoms. The fourth-order valence-electron chi connectivity index (χ4n) is 2.90. The zero-order valence-electron chi connectivity index (χ0n) is 16.1. The van der Waals surface area contributed by atoms with Gasteiger partial charge >= 0.3 is 6.09 Å². The Balaban J connectivity index is 1.58. The third-order valence-electron chi connectivity index (χ3n) is 4.17. The molecular weight excluding hydrogens is 367 g/mol. The zero-order valence-corrected chi connectivity index (χ0v) is 16.1. The van der Waals surface area contributed by atoms with E-state index in [0.29, 0.717) is 24.4 Å². The van der Waals surface area contributed by atoms with Crippen molar-refractivity contribution in [1.82, 2.24) is 20.4 Å². The molecule has 1 aliphatic heterocycles. The first kappa shape index (κ1) is 19.8. The highest BCUT2D eigenvalue weighted by molar-refractivity contribution is 5.86. The van der Waals surface area contributed by atoms with Crippen molar-refractivity contribution in [3.05, 3.63) is 36.0 Å². The van der Waals surface area contributed by atoms with Crippen LogP contribution in [0.15, 0.2) is 28.8 Å². The standard InChI is InChI=1S/C19H23FN4O4/c1-19(2,3)27-18(26)24-10-4-5-14(24)17(25)21-11-15-22-16(23-28-15)12-6-8-13(20)9-7-12/h6-9,14H,4-5,10-11H2,1-3H3,(H,21,25). The Hall–Kier alpha value is -2.97. The van der Waals surface area contributed by atoms with Crippen molar-refractivity contribution in [2.75, 3.05) is 6.54 Å². The lowest BCUT2D eigenvalue weighted by Gasteiger charge is -2.27. The maximum atomic E-state index is 13.0. The summed E-state index contributed by atoms with van der Waals surface area (Å²) in [6.07, 6.45) is 0.795. The first-order valence-corrected chi connectivity index (χ1v) is 9.09. The van der Waals surface area contributed by atoms with Gasteiger partial charge in [0, 0.05) is 12.1 Å². The molecule has 150 valence electrons. The van der Waals surface area contributed by atoms with Crippen LogP contribution in [-0.2, 0) is 16.1 Å². The van der Waals surface area contributed by atoms with Crippen LogP contribution in [0.5, 0.6) is 0 Å². The van der Waals surface area contributed by atoms with Gasteiger partial charge in [0.1, 0.15) is 17.5 Å². The molecule has 1 atom stereocenters. The van der Waals surface area contributed by atoms with Crippen LogP contribution in [0, 0.1) is 5.82 Å². The van der Waals surface area contributed by atoms with E-state index in [0.717, 1.165) is 6.42 Å². The molecule has 1 aromatic carbocycles. The summed E-state index contributed by atoms with van der Waals surface area (Å²) >= 11 is 0. The van der Waals surface area contributed by atoms with Crippen LogP contribution < -0.4 is 5.32 Å². The number of ether oxygens (including phenoxy) is 1. The molecule has 0 radical (unpaired) electrons. The lowest BCUT2D eigenvalue weighted by molar-refractivity contribution is -0.125. The summed E-state index contributed by atoms with van der Waals surface area (Å²) in [5, 5.41) is 6.55. The molecule has 1 N–H and O–H groups in total. The topological polar surface area (TPSA) is 97.6 Å². The molecule has 1 aromatic heterocycles. The average molecular weight is 390 g/mol. The van der Waals surface area contributed by atoms with E-state index in [4.69, 9.17) is 9.26 Å². The summed E-state index contributed by atoms with van der Waals surface area (Å²) in [5.74, 6) is -0.134. The molecule has 1 unspecified atom stereocenters. The Bertz CT molecular complexity index is 844. The summed E-state index contributed by atoms with van der Waals surface area (Å²) in [7, 11) is 0. The predicted octanol–water partition coefficient (Wildman–Crippen LogP) is 2.89. The minimum absolute atomic E-state index is 0.0334. The highest BCUT2D eigenvalue weighted by Crippen LogP contribution is 2.21. The number of hydrogen-bond acceptors (Lipinski definition) is 6. The van der Waals surface area contributed by atoms with E-state index >= 15 is 0 Å². The quantitative estimate of drug-likeness (QED) is 0.862. The molecule has 3 rings (SSSR count). The Labute approximate surface area is 162 Å². The number of halogens is 1. The fraction of sp³-hybridized carbons (Fsp3) is 0.474. The van der Waals surface area contributed by atoms with Crippen molar-refractivity contribution >= 4 is 12.0 Å². The molecule has 0 aliphatic carbocycles. The molecule has 2 amide bonds. The second-order valence-corrected chi connectivity index (χ2v) is 7.57. The molecule has 1 aliphatic rings. The number of carbonyl (C=O) groups excluding carboxylic acids is 2. The third kappa shape index (κ3) is 4.85. The van der Waals surface area contributed by atoms with Gasteiger partial charge in [-0.05, 0) is 57.9 Å². The number of hydrogen-bond donors (Lipinski definition) is 1. The van der Waals surface area contributed by atoms with Crippen LogP contribution in [0.25, 0.3) is 11.4 Å². The molecule has 1 fully saturated rings. The van der Waals surface area contributed by atoms with Gasteiger partial charge in [0.25, 0.3) is 0 Å². The van der Waals surface area contributed by atoms with E-state index in [-0.39, 0.29) is 24.2 Å². The molecule has 9 heteroatoms. The Morgan fingerprint density at radius 1 is 1.32 bits per heavy atom. The van der Waals surface area contributed by atoms with E-state index in [9.17, 15) is 14.0 Å². The van der Waals surface area contributed by atoms with Gasteiger partial charge in [0.2, 0.25) is 17.6 Å². The number of carbonyl (C=O) groups is 2. The highest BCUT2D eigenvalue weighted by atomic mass is 19.1. The van der Waals surface area contributed by atoms with Crippen LogP contribution in [0.3, 0.4) is 0 Å². The maximum absolute atomic E-state index is 13.0. The highest BCUT2D eigenvalue weighted by Gasteiger charge is 2.36. The van der Waals surface area contributed by atoms with Crippen molar-refractivity contribution in [3.8, 4) is 11.4 Å². The monoisotopic (exact) mass is 390 g/mol. The molecule has 8 nitrogen and oxygen atoms in total. The number of nitrogens with zero attached hydrogens (tertiary/aromatic N) is 3. The minimum Gasteiger partial charge on any atom is -0.444 e. The number of rotatable bonds is 4. The van der Waals surface area contributed by atoms with Gasteiger partial charge in [-0.2, -0.15) is 4.98 Å². The number of nitrogens with one attached hydrogen (secondary N) is 1. The minimum atomic E-state index is -0.624. The predicted molar refractivity (Wildman–Crippen MR) is 97.5 cm³/mol. The molecular formula is C19H23FN4O4. The molecule has 0 bridgehead atoms. The fourth-order valence-corrected chi connectivity index (χ4v) is 2.90. The van der Waals surface area contributed by atoms with Crippen LogP contribution >= 0.6 is 0 Å². The summed E-state index contributed by atoms with van der Waals surface area (Å²) in [6, 6.07) is 5.10. The third-order valence-corrected chi connectivity index (χ3v) is 4.17. The van der Waals surface area contributed by atoms with Crippen molar-refractivity contribution in [2.45, 2.75) is 51.8 Å². The van der Waals surface area contributed by atoms with Crippen LogP contribution in [0.1, 0.15) is 39.5 Å². The van der Waals surface area contributed by atoms with E-state index in [1.165, 1.54) is 17.0 Å². The van der Waals surface area contributed by atoms with E-state index < -0.39 is 17.7 Å². The second kappa shape index (κ2) is 7.95. The van der Waals surface area contributed by atoms with Gasteiger partial charge in [0.05, 0.1) is 6.54 Å². The van der Waals surface area contributed by atoms with Crippen molar-refractivity contribution in [2.24, 2.45) is 0 Å². The van der Waals surface area contributed by atoms with Crippen molar-refractivity contribution in [1.29, 1.82) is 0 Å². The smallest absolute Gasteiger partial charge is 0.410 e. The normalized spacial score (nSPS) is 16.9. The van der Waals surface area contributed by atoms with E-state index in [2.05, 4.69) is 15.5 Å². The second-order valence-electron chi connectivity index (χ2n) is 7.57. The lowest BCUT2D eigenvalue weighted by Crippen LogP contribution is -2.47. The summed E-state index contributed by atoms with van der Waals surface area (Å²) in [5.41, 5.74) is -0.0177. The largest absolute Gasteiger partial charge is 0.444 e. The summed E-state index contributed by atoms with van der Waals surface area (Å²) in [4.78, 5) is 30.4. The maximum Gasteiger partial charge on any atom is 0.410 e. The number of likely N-dealkylation sites (tertiary alicyclic amines) is 1. The molecule has 0 saturated carbocycles. The Morgan fingerprint density at radius 3 is 2.71 bits per heavy atom. The van der Waals surface area contributed by atoms with Gasteiger partial charge in [-0.1, -0.05) is 5.16 Å². The Morgan fingerprint density at radius 2 is 2.04 bits per heavy atom. The van der Waals surface area contributed by atoms with Gasteiger partial charge in [0.15, 0.2) is 0 Å². The van der Waals surface area contributed by atoms with Gasteiger partial charge < -0.3 is 14.6 Å². The summed E-state index contributed by atoms with van der Waals surface area (Å²) in [6.45, 7) is 5.85. The average Bonchev–Trinajstić information content (AvgIpc) is 3.28. The number of benzene rings is 1. The molecule has 0 spiro atoms. The molecule has 2 heterocycles. The van der Waals surface area contributed by atoms with Crippen LogP contribution in [-0.4, -0.2) is 45.2 Å². The Kier molecular flexibility index (Phi) is 5.62. The number of aromatic nitrogens is 2. The van der Waals surface area contributed by atoms with Gasteiger partial charge in [-0.25, -0.2) is 9.18 Å². The lowest BCUT2D eigenvalue weighted by atomic mass is 10.2. The van der Waals surface area contributed by atoms with Crippen molar-refractivity contribution < 1.29 is 23.2 Å². The van der Waals surface area contributed by atoms with E-state index in [1.807, 2.05) is 0 Å². The van der Waals surface area contributed by atoms with Crippen LogP contribution in [0.2, 0.25) is 0 Å². The molecule has 2 aromatic rings. The van der Waals surface area contributed by atoms with E-state index in [1.54, 1.807) is 32.9 Å². The first-order chi connectivity index (χ1) is 13.2. The van der Waals surface area contributed by atoms with Gasteiger partial charge in [-0.15, -0.1) is 0 Å². The van der Waals surface area contributed by atoms with Crippen LogP contribution in [0.4, 0.5) is 9.18 Å². The summed E-state index contributed by atoms with van der Waals surface area (Å²) < 4.78 is 23.5. The first-order valence-electron chi connectivity index (χ1n) is 9.09. The van der Waals surface area contributed by atoms with Crippen molar-refractivity contribution in [3.63, 3.8) is 0 Å². The zero-order chi connectivity index (χ0) is 20.3.